The van der Waals surface area contributed by atoms with Crippen molar-refractivity contribution in [2.75, 3.05) is 37.2 Å². The fraction of sp³-hybridized carbons (Fsp3) is 0.708. The van der Waals surface area contributed by atoms with Crippen LogP contribution in [0.15, 0.2) is 24.3 Å². The standard InChI is InChI=1S/C24H37N3O3S/c1-31(29,30)25-21-12-10-20(11-13-21)24(14-6-3-7-15-24)23(28)27-18-16-26(17-19-27)22-8-4-2-5-9-22/h10-13,22,25H,2-9,14-19H2,1H3. The Kier molecular flexibility index (Phi) is 6.92. The Morgan fingerprint density at radius 1 is 0.903 bits per heavy atom. The van der Waals surface area contributed by atoms with Crippen molar-refractivity contribution >= 4 is 21.6 Å². The van der Waals surface area contributed by atoms with Crippen LogP contribution in [0.2, 0.25) is 0 Å². The summed E-state index contributed by atoms with van der Waals surface area (Å²) in [6, 6.07) is 8.20. The largest absolute Gasteiger partial charge is 0.339 e. The lowest BCUT2D eigenvalue weighted by Gasteiger charge is -2.45. The van der Waals surface area contributed by atoms with Gasteiger partial charge in [0.05, 0.1) is 11.7 Å². The van der Waals surface area contributed by atoms with Gasteiger partial charge in [-0.2, -0.15) is 0 Å². The molecule has 1 aliphatic heterocycles. The number of piperazine rings is 1. The molecule has 1 amide bonds. The molecule has 0 radical (unpaired) electrons. The minimum Gasteiger partial charge on any atom is -0.339 e. The summed E-state index contributed by atoms with van der Waals surface area (Å²) in [6.45, 7) is 3.63. The summed E-state index contributed by atoms with van der Waals surface area (Å²) in [7, 11) is -3.31. The van der Waals surface area contributed by atoms with Crippen molar-refractivity contribution in [2.45, 2.75) is 75.7 Å². The number of nitrogens with one attached hydrogen (secondary N) is 1. The van der Waals surface area contributed by atoms with Crippen LogP contribution in [0.3, 0.4) is 0 Å². The number of benzene rings is 1. The van der Waals surface area contributed by atoms with Gasteiger partial charge in [0.2, 0.25) is 15.9 Å². The summed E-state index contributed by atoms with van der Waals surface area (Å²) in [5.74, 6) is 0.277. The molecular weight excluding hydrogens is 410 g/mol. The molecule has 4 rings (SSSR count). The number of carbonyl (C=O) groups excluding carboxylic acids is 1. The van der Waals surface area contributed by atoms with Gasteiger partial charge in [-0.1, -0.05) is 50.7 Å². The molecule has 0 spiro atoms. The Balaban J connectivity index is 1.48. The molecule has 7 heteroatoms. The smallest absolute Gasteiger partial charge is 0.233 e. The SMILES string of the molecule is CS(=O)(=O)Nc1ccc(C2(C(=O)N3CCN(C4CCCCC4)CC3)CCCCC2)cc1. The second-order valence-electron chi connectivity index (χ2n) is 9.71. The van der Waals surface area contributed by atoms with Crippen molar-refractivity contribution in [3.05, 3.63) is 29.8 Å². The lowest BCUT2D eigenvalue weighted by atomic mass is 9.68. The third-order valence-electron chi connectivity index (χ3n) is 7.55. The summed E-state index contributed by atoms with van der Waals surface area (Å²) >= 11 is 0. The van der Waals surface area contributed by atoms with E-state index in [2.05, 4.69) is 14.5 Å². The fourth-order valence-corrected chi connectivity index (χ4v) is 6.46. The highest BCUT2D eigenvalue weighted by Gasteiger charge is 2.44. The predicted molar refractivity (Wildman–Crippen MR) is 125 cm³/mol. The van der Waals surface area contributed by atoms with E-state index in [1.807, 2.05) is 12.1 Å². The van der Waals surface area contributed by atoms with E-state index in [4.69, 9.17) is 0 Å². The average molecular weight is 448 g/mol. The zero-order valence-corrected chi connectivity index (χ0v) is 19.6. The molecule has 3 fully saturated rings. The summed E-state index contributed by atoms with van der Waals surface area (Å²) in [6.07, 6.45) is 12.9. The van der Waals surface area contributed by atoms with Crippen LogP contribution in [-0.2, 0) is 20.2 Å². The van der Waals surface area contributed by atoms with Gasteiger partial charge in [-0.05, 0) is 43.4 Å². The van der Waals surface area contributed by atoms with Crippen molar-refractivity contribution in [1.29, 1.82) is 0 Å². The third kappa shape index (κ3) is 5.25. The van der Waals surface area contributed by atoms with Gasteiger partial charge in [-0.3, -0.25) is 14.4 Å². The molecular formula is C24H37N3O3S. The maximum atomic E-state index is 13.9. The highest BCUT2D eigenvalue weighted by molar-refractivity contribution is 7.92. The number of nitrogens with zero attached hydrogens (tertiary/aromatic N) is 2. The van der Waals surface area contributed by atoms with Crippen LogP contribution in [0.25, 0.3) is 0 Å². The van der Waals surface area contributed by atoms with Crippen molar-refractivity contribution < 1.29 is 13.2 Å². The number of hydrogen-bond donors (Lipinski definition) is 1. The van der Waals surface area contributed by atoms with Crippen LogP contribution in [-0.4, -0.2) is 62.6 Å². The van der Waals surface area contributed by atoms with E-state index in [9.17, 15) is 13.2 Å². The second kappa shape index (κ2) is 9.49. The van der Waals surface area contributed by atoms with Gasteiger partial charge >= 0.3 is 0 Å². The molecule has 2 aliphatic carbocycles. The van der Waals surface area contributed by atoms with Crippen LogP contribution in [0, 0.1) is 0 Å². The molecule has 2 saturated carbocycles. The summed E-state index contributed by atoms with van der Waals surface area (Å²) in [5, 5.41) is 0. The molecule has 172 valence electrons. The summed E-state index contributed by atoms with van der Waals surface area (Å²) in [4.78, 5) is 18.6. The van der Waals surface area contributed by atoms with Gasteiger partial charge in [-0.25, -0.2) is 8.42 Å². The lowest BCUT2D eigenvalue weighted by molar-refractivity contribution is -0.141. The third-order valence-corrected chi connectivity index (χ3v) is 8.16. The number of hydrogen-bond acceptors (Lipinski definition) is 4. The quantitative estimate of drug-likeness (QED) is 0.747. The van der Waals surface area contributed by atoms with Crippen LogP contribution < -0.4 is 4.72 Å². The normalized spacial score (nSPS) is 23.5. The molecule has 0 bridgehead atoms. The first kappa shape index (κ1) is 22.6. The maximum absolute atomic E-state index is 13.9. The zero-order chi connectivity index (χ0) is 21.9. The van der Waals surface area contributed by atoms with Crippen LogP contribution in [0.5, 0.6) is 0 Å². The molecule has 0 atom stereocenters. The molecule has 1 aromatic rings. The first-order valence-corrected chi connectivity index (χ1v) is 13.9. The van der Waals surface area contributed by atoms with Crippen molar-refractivity contribution in [3.8, 4) is 0 Å². The molecule has 1 aromatic carbocycles. The highest BCUT2D eigenvalue weighted by Crippen LogP contribution is 2.41. The number of anilines is 1. The van der Waals surface area contributed by atoms with E-state index in [-0.39, 0.29) is 5.91 Å². The van der Waals surface area contributed by atoms with Gasteiger partial charge in [0, 0.05) is 37.9 Å². The zero-order valence-electron chi connectivity index (χ0n) is 18.8. The average Bonchev–Trinajstić information content (AvgIpc) is 2.79. The van der Waals surface area contributed by atoms with Gasteiger partial charge in [0.15, 0.2) is 0 Å². The molecule has 1 heterocycles. The highest BCUT2D eigenvalue weighted by atomic mass is 32.2. The lowest BCUT2D eigenvalue weighted by Crippen LogP contribution is -2.56. The van der Waals surface area contributed by atoms with Crippen molar-refractivity contribution in [1.82, 2.24) is 9.80 Å². The second-order valence-corrected chi connectivity index (χ2v) is 11.5. The topological polar surface area (TPSA) is 69.7 Å². The number of rotatable bonds is 5. The van der Waals surface area contributed by atoms with E-state index in [0.717, 1.165) is 63.7 Å². The monoisotopic (exact) mass is 447 g/mol. The van der Waals surface area contributed by atoms with Gasteiger partial charge in [0.25, 0.3) is 0 Å². The minimum atomic E-state index is -3.31. The Morgan fingerprint density at radius 2 is 1.48 bits per heavy atom. The van der Waals surface area contributed by atoms with Crippen molar-refractivity contribution in [3.63, 3.8) is 0 Å². The first-order valence-electron chi connectivity index (χ1n) is 12.0. The number of amides is 1. The van der Waals surface area contributed by atoms with Gasteiger partial charge in [-0.15, -0.1) is 0 Å². The Hall–Kier alpha value is -1.60. The summed E-state index contributed by atoms with van der Waals surface area (Å²) in [5.41, 5.74) is 1.12. The minimum absolute atomic E-state index is 0.277. The predicted octanol–water partition coefficient (Wildman–Crippen LogP) is 3.74. The van der Waals surface area contributed by atoms with E-state index < -0.39 is 15.4 Å². The van der Waals surface area contributed by atoms with Crippen molar-refractivity contribution in [2.24, 2.45) is 0 Å². The first-order chi connectivity index (χ1) is 14.9. The summed E-state index contributed by atoms with van der Waals surface area (Å²) < 4.78 is 25.6. The molecule has 1 N–H and O–H groups in total. The fourth-order valence-electron chi connectivity index (χ4n) is 5.89. The van der Waals surface area contributed by atoms with E-state index in [0.29, 0.717) is 11.7 Å². The molecule has 6 nitrogen and oxygen atoms in total. The van der Waals surface area contributed by atoms with E-state index in [1.54, 1.807) is 12.1 Å². The van der Waals surface area contributed by atoms with Crippen LogP contribution in [0.1, 0.15) is 69.8 Å². The van der Waals surface area contributed by atoms with Crippen LogP contribution in [0.4, 0.5) is 5.69 Å². The molecule has 1 saturated heterocycles. The number of carbonyl (C=O) groups is 1. The van der Waals surface area contributed by atoms with E-state index in [1.165, 1.54) is 38.5 Å². The van der Waals surface area contributed by atoms with Gasteiger partial charge in [0.1, 0.15) is 0 Å². The molecule has 0 unspecified atom stereocenters. The van der Waals surface area contributed by atoms with E-state index >= 15 is 0 Å². The Morgan fingerprint density at radius 3 is 2.06 bits per heavy atom. The van der Waals surface area contributed by atoms with Gasteiger partial charge < -0.3 is 4.90 Å². The Bertz CT molecular complexity index is 849. The van der Waals surface area contributed by atoms with Crippen LogP contribution >= 0.6 is 0 Å². The molecule has 31 heavy (non-hydrogen) atoms. The number of sulfonamides is 1. The maximum Gasteiger partial charge on any atom is 0.233 e. The molecule has 3 aliphatic rings. The Labute approximate surface area is 187 Å². The molecule has 0 aromatic heterocycles.